The molecule has 1 atom stereocenters. The quantitative estimate of drug-likeness (QED) is 0.338. The fourth-order valence-electron chi connectivity index (χ4n) is 3.43. The molecule has 0 aromatic heterocycles. The standard InChI is InChI=1S/C19H36N4O2/c1-2-20-19(23-16-11-12-18(24)22-15-16)21-13-7-4-8-14-25-17-9-5-3-6-10-17/h16-17H,2-15H2,1H3,(H,22,24)(H2,20,21,23). The van der Waals surface area contributed by atoms with Crippen LogP contribution in [0.3, 0.4) is 0 Å². The Hall–Kier alpha value is -1.30. The number of piperidine rings is 1. The van der Waals surface area contributed by atoms with E-state index in [9.17, 15) is 4.79 Å². The number of hydrogen-bond donors (Lipinski definition) is 3. The predicted molar refractivity (Wildman–Crippen MR) is 102 cm³/mol. The lowest BCUT2D eigenvalue weighted by Gasteiger charge is -2.25. The van der Waals surface area contributed by atoms with Gasteiger partial charge in [0.05, 0.1) is 6.10 Å². The first kappa shape index (κ1) is 20.0. The molecule has 1 aliphatic carbocycles. The zero-order valence-corrected chi connectivity index (χ0v) is 15.8. The average molecular weight is 353 g/mol. The predicted octanol–water partition coefficient (Wildman–Crippen LogP) is 2.34. The van der Waals surface area contributed by atoms with Gasteiger partial charge in [-0.1, -0.05) is 19.3 Å². The summed E-state index contributed by atoms with van der Waals surface area (Å²) in [6.45, 7) is 5.33. The molecule has 1 unspecified atom stereocenters. The summed E-state index contributed by atoms with van der Waals surface area (Å²) in [7, 11) is 0. The molecular formula is C19H36N4O2. The van der Waals surface area contributed by atoms with Crippen molar-refractivity contribution in [2.45, 2.75) is 83.3 Å². The first-order valence-corrected chi connectivity index (χ1v) is 10.2. The van der Waals surface area contributed by atoms with E-state index in [4.69, 9.17) is 4.74 Å². The van der Waals surface area contributed by atoms with Crippen molar-refractivity contribution in [3.05, 3.63) is 0 Å². The number of nitrogens with one attached hydrogen (secondary N) is 3. The molecule has 3 N–H and O–H groups in total. The molecule has 1 amide bonds. The summed E-state index contributed by atoms with van der Waals surface area (Å²) in [6.07, 6.45) is 11.9. The van der Waals surface area contributed by atoms with E-state index in [0.717, 1.165) is 51.3 Å². The largest absolute Gasteiger partial charge is 0.378 e. The number of aliphatic imine (C=N–C) groups is 1. The van der Waals surface area contributed by atoms with Gasteiger partial charge in [0, 0.05) is 38.7 Å². The molecule has 2 rings (SSSR count). The van der Waals surface area contributed by atoms with Crippen molar-refractivity contribution in [2.75, 3.05) is 26.2 Å². The van der Waals surface area contributed by atoms with Crippen LogP contribution in [0.15, 0.2) is 4.99 Å². The molecule has 0 spiro atoms. The Morgan fingerprint density at radius 3 is 2.76 bits per heavy atom. The molecule has 1 saturated heterocycles. The number of amides is 1. The fourth-order valence-corrected chi connectivity index (χ4v) is 3.43. The normalized spacial score (nSPS) is 22.5. The summed E-state index contributed by atoms with van der Waals surface area (Å²) in [5.74, 6) is 1.01. The van der Waals surface area contributed by atoms with Crippen LogP contribution in [0.5, 0.6) is 0 Å². The molecule has 1 saturated carbocycles. The lowest BCUT2D eigenvalue weighted by atomic mass is 9.98. The third-order valence-electron chi connectivity index (χ3n) is 4.93. The van der Waals surface area contributed by atoms with Crippen molar-refractivity contribution < 1.29 is 9.53 Å². The van der Waals surface area contributed by atoms with Crippen molar-refractivity contribution in [1.82, 2.24) is 16.0 Å². The molecule has 6 nitrogen and oxygen atoms in total. The zero-order chi connectivity index (χ0) is 17.7. The highest BCUT2D eigenvalue weighted by atomic mass is 16.5. The van der Waals surface area contributed by atoms with Crippen LogP contribution in [0, 0.1) is 0 Å². The second kappa shape index (κ2) is 12.1. The summed E-state index contributed by atoms with van der Waals surface area (Å²) < 4.78 is 5.96. The van der Waals surface area contributed by atoms with Crippen LogP contribution < -0.4 is 16.0 Å². The van der Waals surface area contributed by atoms with Crippen molar-refractivity contribution in [2.24, 2.45) is 4.99 Å². The highest BCUT2D eigenvalue weighted by Crippen LogP contribution is 2.20. The molecule has 2 fully saturated rings. The molecule has 1 heterocycles. The van der Waals surface area contributed by atoms with E-state index in [2.05, 4.69) is 27.9 Å². The molecular weight excluding hydrogens is 316 g/mol. The van der Waals surface area contributed by atoms with Gasteiger partial charge >= 0.3 is 0 Å². The number of nitrogens with zero attached hydrogens (tertiary/aromatic N) is 1. The molecule has 144 valence electrons. The van der Waals surface area contributed by atoms with Crippen LogP contribution in [0.25, 0.3) is 0 Å². The minimum absolute atomic E-state index is 0.149. The van der Waals surface area contributed by atoms with Gasteiger partial charge < -0.3 is 20.7 Å². The highest BCUT2D eigenvalue weighted by Gasteiger charge is 2.18. The first-order chi connectivity index (χ1) is 12.3. The summed E-state index contributed by atoms with van der Waals surface area (Å²) in [5.41, 5.74) is 0. The van der Waals surface area contributed by atoms with Gasteiger partial charge in [-0.15, -0.1) is 0 Å². The third-order valence-corrected chi connectivity index (χ3v) is 4.93. The number of ether oxygens (including phenoxy) is 1. The van der Waals surface area contributed by atoms with Crippen LogP contribution in [0.4, 0.5) is 0 Å². The third kappa shape index (κ3) is 8.56. The van der Waals surface area contributed by atoms with E-state index in [1.54, 1.807) is 0 Å². The number of guanidine groups is 1. The molecule has 2 aliphatic rings. The molecule has 0 aromatic rings. The zero-order valence-electron chi connectivity index (χ0n) is 15.8. The monoisotopic (exact) mass is 352 g/mol. The molecule has 0 radical (unpaired) electrons. The van der Waals surface area contributed by atoms with Crippen molar-refractivity contribution in [3.63, 3.8) is 0 Å². The lowest BCUT2D eigenvalue weighted by molar-refractivity contribution is -0.122. The number of rotatable bonds is 9. The fraction of sp³-hybridized carbons (Fsp3) is 0.895. The lowest BCUT2D eigenvalue weighted by Crippen LogP contribution is -2.51. The molecule has 0 aromatic carbocycles. The van der Waals surface area contributed by atoms with Gasteiger partial charge in [0.1, 0.15) is 0 Å². The Morgan fingerprint density at radius 2 is 2.04 bits per heavy atom. The van der Waals surface area contributed by atoms with Gasteiger partial charge in [-0.05, 0) is 45.4 Å². The van der Waals surface area contributed by atoms with E-state index in [0.29, 0.717) is 19.1 Å². The number of unbranched alkanes of at least 4 members (excludes halogenated alkanes) is 2. The maximum absolute atomic E-state index is 11.2. The topological polar surface area (TPSA) is 74.8 Å². The van der Waals surface area contributed by atoms with Gasteiger partial charge in [-0.25, -0.2) is 0 Å². The maximum atomic E-state index is 11.2. The summed E-state index contributed by atoms with van der Waals surface area (Å²) in [5, 5.41) is 9.61. The van der Waals surface area contributed by atoms with Crippen molar-refractivity contribution >= 4 is 11.9 Å². The van der Waals surface area contributed by atoms with E-state index in [-0.39, 0.29) is 11.9 Å². The van der Waals surface area contributed by atoms with Gasteiger partial charge in [-0.2, -0.15) is 0 Å². The van der Waals surface area contributed by atoms with E-state index in [1.807, 2.05) is 0 Å². The smallest absolute Gasteiger partial charge is 0.220 e. The summed E-state index contributed by atoms with van der Waals surface area (Å²) in [6, 6.07) is 0.277. The molecule has 0 bridgehead atoms. The first-order valence-electron chi connectivity index (χ1n) is 10.2. The van der Waals surface area contributed by atoms with Crippen LogP contribution in [0.2, 0.25) is 0 Å². The minimum atomic E-state index is 0.149. The Bertz CT molecular complexity index is 398. The van der Waals surface area contributed by atoms with Crippen LogP contribution in [-0.4, -0.2) is 50.3 Å². The van der Waals surface area contributed by atoms with Crippen LogP contribution in [0.1, 0.15) is 71.1 Å². The Balaban J connectivity index is 1.54. The van der Waals surface area contributed by atoms with Gasteiger partial charge in [0.25, 0.3) is 0 Å². The second-order valence-electron chi connectivity index (χ2n) is 7.14. The molecule has 25 heavy (non-hydrogen) atoms. The maximum Gasteiger partial charge on any atom is 0.220 e. The molecule has 6 heteroatoms. The Labute approximate surface area is 152 Å². The van der Waals surface area contributed by atoms with Crippen molar-refractivity contribution in [1.29, 1.82) is 0 Å². The number of carbonyl (C=O) groups is 1. The summed E-state index contributed by atoms with van der Waals surface area (Å²) >= 11 is 0. The van der Waals surface area contributed by atoms with Crippen LogP contribution >= 0.6 is 0 Å². The Kier molecular flexibility index (Phi) is 9.70. The average Bonchev–Trinajstić information content (AvgIpc) is 2.64. The number of carbonyl (C=O) groups excluding carboxylic acids is 1. The second-order valence-corrected chi connectivity index (χ2v) is 7.14. The Morgan fingerprint density at radius 1 is 1.20 bits per heavy atom. The SMILES string of the molecule is CCNC(=NCCCCCOC1CCCCC1)NC1CCC(=O)NC1. The highest BCUT2D eigenvalue weighted by molar-refractivity contribution is 5.81. The van der Waals surface area contributed by atoms with Crippen molar-refractivity contribution in [3.8, 4) is 0 Å². The van der Waals surface area contributed by atoms with Crippen LogP contribution in [-0.2, 0) is 9.53 Å². The number of hydrogen-bond acceptors (Lipinski definition) is 3. The van der Waals surface area contributed by atoms with Gasteiger partial charge in [-0.3, -0.25) is 9.79 Å². The van der Waals surface area contributed by atoms with E-state index < -0.39 is 0 Å². The van der Waals surface area contributed by atoms with Gasteiger partial charge in [0.2, 0.25) is 5.91 Å². The minimum Gasteiger partial charge on any atom is -0.378 e. The molecule has 1 aliphatic heterocycles. The summed E-state index contributed by atoms with van der Waals surface area (Å²) in [4.78, 5) is 15.9. The van der Waals surface area contributed by atoms with Gasteiger partial charge in [0.15, 0.2) is 5.96 Å². The van der Waals surface area contributed by atoms with E-state index >= 15 is 0 Å². The van der Waals surface area contributed by atoms with E-state index in [1.165, 1.54) is 32.1 Å².